The van der Waals surface area contributed by atoms with Gasteiger partial charge in [0.15, 0.2) is 5.82 Å². The third-order valence-electron chi connectivity index (χ3n) is 5.56. The van der Waals surface area contributed by atoms with Crippen LogP contribution in [0.3, 0.4) is 0 Å². The zero-order valence-electron chi connectivity index (χ0n) is 14.6. The molecule has 2 fully saturated rings. The Balaban J connectivity index is 1.48. The number of nitrogens with zero attached hydrogens (tertiary/aromatic N) is 6. The number of fused-ring (bicyclic) bond motifs is 1. The van der Waals surface area contributed by atoms with Crippen LogP contribution in [0.5, 0.6) is 0 Å². The third-order valence-corrected chi connectivity index (χ3v) is 5.56. The molecule has 6 nitrogen and oxygen atoms in total. The molecule has 0 bridgehead atoms. The Hall–Kier alpha value is -1.74. The van der Waals surface area contributed by atoms with Gasteiger partial charge in [-0.15, -0.1) is 5.10 Å². The number of rotatable bonds is 3. The van der Waals surface area contributed by atoms with Crippen LogP contribution >= 0.6 is 0 Å². The minimum atomic E-state index is -4.27. The number of alkyl halides is 3. The van der Waals surface area contributed by atoms with Crippen LogP contribution in [0.2, 0.25) is 0 Å². The molecule has 1 aliphatic carbocycles. The molecule has 0 N–H and O–H groups in total. The topological polar surface area (TPSA) is 50.1 Å². The Labute approximate surface area is 150 Å². The van der Waals surface area contributed by atoms with Crippen molar-refractivity contribution in [3.63, 3.8) is 0 Å². The maximum Gasteiger partial charge on any atom is 0.412 e. The highest BCUT2D eigenvalue weighted by atomic mass is 19.4. The monoisotopic (exact) mass is 368 g/mol. The lowest BCUT2D eigenvalue weighted by Gasteiger charge is -2.37. The second kappa shape index (κ2) is 7.11. The molecule has 9 heteroatoms. The van der Waals surface area contributed by atoms with Crippen molar-refractivity contribution >= 4 is 5.70 Å². The van der Waals surface area contributed by atoms with Gasteiger partial charge in [-0.3, -0.25) is 9.80 Å². The van der Waals surface area contributed by atoms with Gasteiger partial charge in [-0.25, -0.2) is 4.68 Å². The van der Waals surface area contributed by atoms with E-state index < -0.39 is 11.7 Å². The van der Waals surface area contributed by atoms with E-state index in [0.717, 1.165) is 25.3 Å². The van der Waals surface area contributed by atoms with Crippen LogP contribution in [0.25, 0.3) is 5.70 Å². The summed E-state index contributed by atoms with van der Waals surface area (Å²) in [4.78, 5) is 4.89. The van der Waals surface area contributed by atoms with Gasteiger partial charge in [0, 0.05) is 36.9 Å². The maximum atomic E-state index is 12.9. The van der Waals surface area contributed by atoms with Gasteiger partial charge in [0.05, 0.1) is 6.54 Å². The molecule has 0 aromatic carbocycles. The average Bonchev–Trinajstić information content (AvgIpc) is 3.17. The fourth-order valence-electron chi connectivity index (χ4n) is 4.16. The van der Waals surface area contributed by atoms with Crippen LogP contribution in [0.15, 0.2) is 17.7 Å². The van der Waals surface area contributed by atoms with Gasteiger partial charge in [0.2, 0.25) is 0 Å². The average molecular weight is 368 g/mol. The number of allylic oxidation sites excluding steroid dienone is 4. The van der Waals surface area contributed by atoms with Crippen molar-refractivity contribution in [1.82, 2.24) is 30.0 Å². The van der Waals surface area contributed by atoms with Crippen molar-refractivity contribution in [2.45, 2.75) is 50.9 Å². The molecule has 2 aliphatic heterocycles. The minimum Gasteiger partial charge on any atom is -0.298 e. The van der Waals surface area contributed by atoms with E-state index in [4.69, 9.17) is 0 Å². The van der Waals surface area contributed by atoms with E-state index in [0.29, 0.717) is 31.3 Å². The molecule has 1 atom stereocenters. The van der Waals surface area contributed by atoms with E-state index in [1.54, 1.807) is 4.68 Å². The summed E-state index contributed by atoms with van der Waals surface area (Å²) in [6.07, 6.45) is 1.92. The molecule has 3 aliphatic rings. The smallest absolute Gasteiger partial charge is 0.298 e. The van der Waals surface area contributed by atoms with Crippen molar-refractivity contribution < 1.29 is 13.2 Å². The Morgan fingerprint density at radius 3 is 2.81 bits per heavy atom. The summed E-state index contributed by atoms with van der Waals surface area (Å²) in [6.45, 7) is 4.86. The highest BCUT2D eigenvalue weighted by molar-refractivity contribution is 5.49. The first-order valence-electron chi connectivity index (χ1n) is 9.21. The number of aromatic nitrogens is 4. The molecule has 1 aromatic rings. The van der Waals surface area contributed by atoms with E-state index in [2.05, 4.69) is 25.3 Å². The van der Waals surface area contributed by atoms with Gasteiger partial charge in [-0.05, 0) is 55.2 Å². The first kappa shape index (κ1) is 17.7. The SMILES string of the molecule is FC(F)(F)C1=CC=C(n2nnnc2CN2CCN3CCCC3C2)CCC1. The number of hydrogen-bond donors (Lipinski definition) is 0. The summed E-state index contributed by atoms with van der Waals surface area (Å²) in [7, 11) is 0. The number of piperazine rings is 1. The molecular formula is C17H23F3N6. The molecule has 0 amide bonds. The fraction of sp³-hybridized carbons (Fsp3) is 0.706. The van der Waals surface area contributed by atoms with E-state index in [1.807, 2.05) is 0 Å². The maximum absolute atomic E-state index is 12.9. The molecule has 4 rings (SSSR count). The minimum absolute atomic E-state index is 0.0323. The quantitative estimate of drug-likeness (QED) is 0.820. The van der Waals surface area contributed by atoms with Gasteiger partial charge in [-0.2, -0.15) is 13.2 Å². The zero-order valence-corrected chi connectivity index (χ0v) is 14.6. The predicted octanol–water partition coefficient (Wildman–Crippen LogP) is 2.47. The normalized spacial score (nSPS) is 25.6. The van der Waals surface area contributed by atoms with E-state index >= 15 is 0 Å². The molecule has 0 saturated carbocycles. The van der Waals surface area contributed by atoms with Gasteiger partial charge in [0.1, 0.15) is 0 Å². The molecule has 142 valence electrons. The molecule has 0 spiro atoms. The van der Waals surface area contributed by atoms with Crippen molar-refractivity contribution in [2.75, 3.05) is 26.2 Å². The van der Waals surface area contributed by atoms with Crippen molar-refractivity contribution in [3.8, 4) is 0 Å². The summed E-state index contributed by atoms with van der Waals surface area (Å²) >= 11 is 0. The third kappa shape index (κ3) is 3.68. The van der Waals surface area contributed by atoms with Gasteiger partial charge < -0.3 is 0 Å². The van der Waals surface area contributed by atoms with Gasteiger partial charge in [-0.1, -0.05) is 6.08 Å². The highest BCUT2D eigenvalue weighted by Crippen LogP contribution is 2.33. The van der Waals surface area contributed by atoms with E-state index in [-0.39, 0.29) is 6.42 Å². The Morgan fingerprint density at radius 2 is 1.96 bits per heavy atom. The Bertz CT molecular complexity index is 708. The second-order valence-corrected chi connectivity index (χ2v) is 7.28. The molecule has 0 radical (unpaired) electrons. The first-order chi connectivity index (χ1) is 12.5. The number of tetrazole rings is 1. The molecule has 1 unspecified atom stereocenters. The van der Waals surface area contributed by atoms with Crippen LogP contribution in [-0.4, -0.2) is 68.4 Å². The zero-order chi connectivity index (χ0) is 18.1. The van der Waals surface area contributed by atoms with Gasteiger partial charge in [0.25, 0.3) is 0 Å². The first-order valence-corrected chi connectivity index (χ1v) is 9.21. The highest BCUT2D eigenvalue weighted by Gasteiger charge is 2.34. The number of hydrogen-bond acceptors (Lipinski definition) is 5. The molecule has 3 heterocycles. The lowest BCUT2D eigenvalue weighted by atomic mass is 10.1. The number of halogens is 3. The summed E-state index contributed by atoms with van der Waals surface area (Å²) in [5.41, 5.74) is 0.239. The van der Waals surface area contributed by atoms with Crippen LogP contribution in [0.1, 0.15) is 37.9 Å². The standard InChI is InChI=1S/C17H23F3N6/c18-17(19,20)13-3-1-4-14(7-6-13)26-16(21-22-23-26)12-24-9-10-25-8-2-5-15(25)11-24/h6-7,15H,1-5,8-12H2. The van der Waals surface area contributed by atoms with Gasteiger partial charge >= 0.3 is 6.18 Å². The van der Waals surface area contributed by atoms with E-state index in [9.17, 15) is 13.2 Å². The Kier molecular flexibility index (Phi) is 4.83. The van der Waals surface area contributed by atoms with Crippen LogP contribution in [-0.2, 0) is 6.54 Å². The Morgan fingerprint density at radius 1 is 1.08 bits per heavy atom. The molecular weight excluding hydrogens is 345 g/mol. The van der Waals surface area contributed by atoms with Crippen molar-refractivity contribution in [1.29, 1.82) is 0 Å². The lowest BCUT2D eigenvalue weighted by molar-refractivity contribution is -0.0940. The van der Waals surface area contributed by atoms with Crippen LogP contribution in [0.4, 0.5) is 13.2 Å². The molecule has 26 heavy (non-hydrogen) atoms. The summed E-state index contributed by atoms with van der Waals surface area (Å²) in [6, 6.07) is 0.613. The van der Waals surface area contributed by atoms with Crippen LogP contribution < -0.4 is 0 Å². The van der Waals surface area contributed by atoms with E-state index in [1.165, 1.54) is 31.5 Å². The molecule has 2 saturated heterocycles. The molecule has 1 aromatic heterocycles. The summed E-state index contributed by atoms with van der Waals surface area (Å²) in [5.74, 6) is 0.701. The predicted molar refractivity (Wildman–Crippen MR) is 90.0 cm³/mol. The second-order valence-electron chi connectivity index (χ2n) is 7.28. The largest absolute Gasteiger partial charge is 0.412 e. The fourth-order valence-corrected chi connectivity index (χ4v) is 4.16. The summed E-state index contributed by atoms with van der Waals surface area (Å²) < 4.78 is 40.4. The van der Waals surface area contributed by atoms with Crippen molar-refractivity contribution in [3.05, 3.63) is 23.5 Å². The summed E-state index contributed by atoms with van der Waals surface area (Å²) in [5, 5.41) is 11.9. The van der Waals surface area contributed by atoms with Crippen LogP contribution in [0, 0.1) is 0 Å². The van der Waals surface area contributed by atoms with Crippen molar-refractivity contribution in [2.24, 2.45) is 0 Å². The lowest BCUT2D eigenvalue weighted by Crippen LogP contribution is -2.49.